The van der Waals surface area contributed by atoms with Crippen LogP contribution in [0.5, 0.6) is 11.5 Å². The van der Waals surface area contributed by atoms with E-state index in [1.54, 1.807) is 14.2 Å². The van der Waals surface area contributed by atoms with Crippen LogP contribution in [0.2, 0.25) is 0 Å². The molecule has 3 aromatic carbocycles. The maximum absolute atomic E-state index is 5.34. The topological polar surface area (TPSA) is 42.5 Å². The molecule has 0 saturated carbocycles. The molecule has 4 nitrogen and oxygen atoms in total. The van der Waals surface area contributed by atoms with Crippen molar-refractivity contribution >= 4 is 11.4 Å². The van der Waals surface area contributed by atoms with Gasteiger partial charge in [0.25, 0.3) is 0 Å². The zero-order chi connectivity index (χ0) is 19.6. The minimum atomic E-state index is -0.240. The Bertz CT molecular complexity index is 938. The van der Waals surface area contributed by atoms with Gasteiger partial charge in [-0.05, 0) is 60.9 Å². The van der Waals surface area contributed by atoms with Crippen LogP contribution in [0.4, 0.5) is 11.4 Å². The summed E-state index contributed by atoms with van der Waals surface area (Å²) >= 11 is 0. The molecule has 0 aliphatic carbocycles. The van der Waals surface area contributed by atoms with Gasteiger partial charge in [0.05, 0.1) is 37.2 Å². The van der Waals surface area contributed by atoms with Gasteiger partial charge in [0.1, 0.15) is 11.5 Å². The number of fused-ring (bicyclic) bond motifs is 1. The highest BCUT2D eigenvalue weighted by atomic mass is 16.5. The minimum absolute atomic E-state index is 0.161. The van der Waals surface area contributed by atoms with Crippen molar-refractivity contribution in [2.24, 2.45) is 0 Å². The largest absolute Gasteiger partial charge is 0.497 e. The third-order valence-electron chi connectivity index (χ3n) is 5.53. The van der Waals surface area contributed by atoms with Crippen molar-refractivity contribution in [1.82, 2.24) is 0 Å². The number of hydrogen-bond donors (Lipinski definition) is 2. The first-order chi connectivity index (χ1) is 13.6. The first-order valence-corrected chi connectivity index (χ1v) is 9.53. The molecule has 4 heteroatoms. The Hall–Kier alpha value is -3.14. The fourth-order valence-electron chi connectivity index (χ4n) is 3.90. The average molecular weight is 374 g/mol. The number of anilines is 2. The van der Waals surface area contributed by atoms with E-state index in [2.05, 4.69) is 66.1 Å². The molecule has 0 fully saturated rings. The molecule has 0 aromatic heterocycles. The van der Waals surface area contributed by atoms with E-state index in [0.717, 1.165) is 29.3 Å². The van der Waals surface area contributed by atoms with Gasteiger partial charge in [0.2, 0.25) is 0 Å². The highest BCUT2D eigenvalue weighted by Gasteiger charge is 2.34. The molecule has 2 atom stereocenters. The van der Waals surface area contributed by atoms with Gasteiger partial charge in [0.15, 0.2) is 0 Å². The van der Waals surface area contributed by atoms with Gasteiger partial charge in [-0.25, -0.2) is 0 Å². The number of methoxy groups -OCH3 is 2. The molecule has 0 spiro atoms. The van der Waals surface area contributed by atoms with Crippen molar-refractivity contribution < 1.29 is 9.47 Å². The van der Waals surface area contributed by atoms with Crippen LogP contribution in [-0.2, 0) is 5.54 Å². The molecule has 4 rings (SSSR count). The summed E-state index contributed by atoms with van der Waals surface area (Å²) in [6, 6.07) is 25.2. The van der Waals surface area contributed by atoms with E-state index in [1.165, 1.54) is 11.1 Å². The maximum atomic E-state index is 5.34. The summed E-state index contributed by atoms with van der Waals surface area (Å²) in [6.45, 7) is 2.26. The van der Waals surface area contributed by atoms with Crippen LogP contribution in [0.15, 0.2) is 72.8 Å². The molecule has 1 heterocycles. The van der Waals surface area contributed by atoms with Crippen LogP contribution in [0.1, 0.15) is 30.5 Å². The number of para-hydroxylation sites is 2. The SMILES string of the molecule is COc1ccc([C@H]2C[C@@](C)(c3ccc(OC)cc3)Nc3ccccc3N2)cc1. The highest BCUT2D eigenvalue weighted by Crippen LogP contribution is 2.42. The molecule has 0 saturated heterocycles. The van der Waals surface area contributed by atoms with Crippen molar-refractivity contribution in [3.05, 3.63) is 83.9 Å². The lowest BCUT2D eigenvalue weighted by molar-refractivity contribution is 0.412. The second-order valence-corrected chi connectivity index (χ2v) is 7.41. The predicted octanol–water partition coefficient (Wildman–Crippen LogP) is 5.59. The summed E-state index contributed by atoms with van der Waals surface area (Å²) in [4.78, 5) is 0. The van der Waals surface area contributed by atoms with Crippen molar-refractivity contribution in [3.8, 4) is 11.5 Å². The number of rotatable bonds is 4. The molecular weight excluding hydrogens is 348 g/mol. The summed E-state index contributed by atoms with van der Waals surface area (Å²) in [7, 11) is 3.39. The van der Waals surface area contributed by atoms with Crippen LogP contribution in [0.25, 0.3) is 0 Å². The van der Waals surface area contributed by atoms with E-state index in [0.29, 0.717) is 0 Å². The third-order valence-corrected chi connectivity index (χ3v) is 5.53. The first-order valence-electron chi connectivity index (χ1n) is 9.53. The minimum Gasteiger partial charge on any atom is -0.497 e. The monoisotopic (exact) mass is 374 g/mol. The second kappa shape index (κ2) is 7.47. The Morgan fingerprint density at radius 1 is 0.786 bits per heavy atom. The fraction of sp³-hybridized carbons (Fsp3) is 0.250. The molecule has 0 radical (unpaired) electrons. The van der Waals surface area contributed by atoms with E-state index >= 15 is 0 Å². The summed E-state index contributed by atoms with van der Waals surface area (Å²) in [5.41, 5.74) is 4.44. The van der Waals surface area contributed by atoms with Crippen LogP contribution < -0.4 is 20.1 Å². The fourth-order valence-corrected chi connectivity index (χ4v) is 3.90. The van der Waals surface area contributed by atoms with Gasteiger partial charge in [-0.3, -0.25) is 0 Å². The maximum Gasteiger partial charge on any atom is 0.118 e. The van der Waals surface area contributed by atoms with Gasteiger partial charge < -0.3 is 20.1 Å². The molecule has 3 aromatic rings. The van der Waals surface area contributed by atoms with E-state index in [1.807, 2.05) is 24.3 Å². The van der Waals surface area contributed by atoms with Crippen molar-refractivity contribution in [2.45, 2.75) is 24.9 Å². The lowest BCUT2D eigenvalue weighted by Gasteiger charge is -2.33. The molecule has 1 aliphatic heterocycles. The van der Waals surface area contributed by atoms with Gasteiger partial charge in [-0.15, -0.1) is 0 Å². The number of nitrogens with one attached hydrogen (secondary N) is 2. The molecule has 28 heavy (non-hydrogen) atoms. The predicted molar refractivity (Wildman–Crippen MR) is 114 cm³/mol. The van der Waals surface area contributed by atoms with E-state index in [-0.39, 0.29) is 11.6 Å². The molecule has 0 amide bonds. The van der Waals surface area contributed by atoms with Gasteiger partial charge in [-0.1, -0.05) is 36.4 Å². The number of ether oxygens (including phenoxy) is 2. The average Bonchev–Trinajstić information content (AvgIpc) is 2.90. The molecule has 1 aliphatic rings. The first kappa shape index (κ1) is 18.2. The van der Waals surface area contributed by atoms with E-state index in [4.69, 9.17) is 9.47 Å². The summed E-state index contributed by atoms with van der Waals surface area (Å²) in [6.07, 6.45) is 0.889. The Balaban J connectivity index is 1.75. The molecule has 0 bridgehead atoms. The van der Waals surface area contributed by atoms with E-state index < -0.39 is 0 Å². The molecular formula is C24H26N2O2. The number of hydrogen-bond acceptors (Lipinski definition) is 4. The quantitative estimate of drug-likeness (QED) is 0.625. The van der Waals surface area contributed by atoms with Gasteiger partial charge >= 0.3 is 0 Å². The second-order valence-electron chi connectivity index (χ2n) is 7.41. The lowest BCUT2D eigenvalue weighted by Crippen LogP contribution is -2.33. The Kier molecular flexibility index (Phi) is 4.86. The van der Waals surface area contributed by atoms with Crippen molar-refractivity contribution in [3.63, 3.8) is 0 Å². The zero-order valence-corrected chi connectivity index (χ0v) is 16.5. The van der Waals surface area contributed by atoms with E-state index in [9.17, 15) is 0 Å². The highest BCUT2D eigenvalue weighted by molar-refractivity contribution is 5.71. The molecule has 2 N–H and O–H groups in total. The van der Waals surface area contributed by atoms with Crippen LogP contribution in [-0.4, -0.2) is 14.2 Å². The van der Waals surface area contributed by atoms with Gasteiger partial charge in [-0.2, -0.15) is 0 Å². The summed E-state index contributed by atoms with van der Waals surface area (Å²) in [5, 5.41) is 7.52. The smallest absolute Gasteiger partial charge is 0.118 e. The van der Waals surface area contributed by atoms with Crippen LogP contribution in [0.3, 0.4) is 0 Å². The van der Waals surface area contributed by atoms with Crippen LogP contribution in [0, 0.1) is 0 Å². The Morgan fingerprint density at radius 3 is 1.96 bits per heavy atom. The van der Waals surface area contributed by atoms with Crippen LogP contribution >= 0.6 is 0 Å². The Morgan fingerprint density at radius 2 is 1.36 bits per heavy atom. The standard InChI is InChI=1S/C24H26N2O2/c1-24(18-10-14-20(28-3)15-11-18)16-23(17-8-12-19(27-2)13-9-17)25-21-6-4-5-7-22(21)26-24/h4-15,23,25-26H,16H2,1-3H3/t23-,24+/m1/s1. The molecule has 0 unspecified atom stereocenters. The van der Waals surface area contributed by atoms with Crippen molar-refractivity contribution in [1.29, 1.82) is 0 Å². The molecule has 144 valence electrons. The summed E-state index contributed by atoms with van der Waals surface area (Å²) < 4.78 is 10.7. The Labute approximate surface area is 166 Å². The van der Waals surface area contributed by atoms with Gasteiger partial charge in [0, 0.05) is 0 Å². The zero-order valence-electron chi connectivity index (χ0n) is 16.5. The summed E-state index contributed by atoms with van der Waals surface area (Å²) in [5.74, 6) is 1.74. The lowest BCUT2D eigenvalue weighted by atomic mass is 9.83. The van der Waals surface area contributed by atoms with Crippen molar-refractivity contribution in [2.75, 3.05) is 24.9 Å². The third kappa shape index (κ3) is 3.50. The normalized spacial score (nSPS) is 20.9. The number of benzene rings is 3.